The second-order valence-corrected chi connectivity index (χ2v) is 24.5. The molecule has 0 aliphatic heterocycles. The average Bonchev–Trinajstić information content (AvgIpc) is 3.46. The third-order valence-corrected chi connectivity index (χ3v) is 16.4. The highest BCUT2D eigenvalue weighted by molar-refractivity contribution is 5.71. The molecule has 1 atom stereocenters. The zero-order valence-corrected chi connectivity index (χ0v) is 54.1. The van der Waals surface area contributed by atoms with Gasteiger partial charge in [-0.3, -0.25) is 14.4 Å². The molecular formula is C74H138O6. The zero-order valence-electron chi connectivity index (χ0n) is 54.1. The topological polar surface area (TPSA) is 78.9 Å². The molecule has 0 aromatic carbocycles. The number of allylic oxidation sites excluding steroid dienone is 6. The summed E-state index contributed by atoms with van der Waals surface area (Å²) in [4.78, 5) is 38.4. The average molecular weight is 1120 g/mol. The molecule has 0 heterocycles. The van der Waals surface area contributed by atoms with Crippen molar-refractivity contribution in [3.8, 4) is 0 Å². The number of hydrogen-bond acceptors (Lipinski definition) is 6. The van der Waals surface area contributed by atoms with E-state index in [0.717, 1.165) is 83.5 Å². The molecule has 1 unspecified atom stereocenters. The first-order chi connectivity index (χ1) is 39.5. The van der Waals surface area contributed by atoms with E-state index in [0.29, 0.717) is 19.3 Å². The highest BCUT2D eigenvalue weighted by atomic mass is 16.6. The molecule has 0 amide bonds. The third kappa shape index (κ3) is 66.4. The van der Waals surface area contributed by atoms with E-state index in [1.165, 1.54) is 276 Å². The number of carbonyl (C=O) groups excluding carboxylic acids is 3. The van der Waals surface area contributed by atoms with Crippen molar-refractivity contribution in [3.05, 3.63) is 36.5 Å². The maximum absolute atomic E-state index is 12.9. The number of esters is 3. The van der Waals surface area contributed by atoms with Crippen LogP contribution in [-0.4, -0.2) is 37.2 Å². The van der Waals surface area contributed by atoms with Crippen LogP contribution in [-0.2, 0) is 28.6 Å². The van der Waals surface area contributed by atoms with E-state index in [1.54, 1.807) is 0 Å². The molecule has 0 fully saturated rings. The molecule has 0 aliphatic carbocycles. The Kier molecular flexibility index (Phi) is 67.1. The van der Waals surface area contributed by atoms with Crippen molar-refractivity contribution in [2.24, 2.45) is 0 Å². The predicted octanol–water partition coefficient (Wildman–Crippen LogP) is 24.7. The number of hydrogen-bond donors (Lipinski definition) is 0. The lowest BCUT2D eigenvalue weighted by atomic mass is 10.0. The number of carbonyl (C=O) groups is 3. The maximum atomic E-state index is 12.9. The van der Waals surface area contributed by atoms with Gasteiger partial charge in [-0.15, -0.1) is 0 Å². The van der Waals surface area contributed by atoms with Gasteiger partial charge in [0.05, 0.1) is 0 Å². The summed E-state index contributed by atoms with van der Waals surface area (Å²) >= 11 is 0. The van der Waals surface area contributed by atoms with Crippen molar-refractivity contribution in [2.75, 3.05) is 13.2 Å². The molecule has 0 saturated carbocycles. The lowest BCUT2D eigenvalue weighted by Gasteiger charge is -2.18. The SMILES string of the molecule is CC/C=C\C/C=C\C/C=C\CCCCCC(=O)OCC(COC(=O)CCCCCCCCCCCCCCCCCCCCCCCCCCCCCCCC)OC(=O)CCCCCCCCCCCCCCCCCCCCC. The first-order valence-electron chi connectivity index (χ1n) is 36.0. The van der Waals surface area contributed by atoms with E-state index in [1.807, 2.05) is 0 Å². The summed E-state index contributed by atoms with van der Waals surface area (Å²) in [5.74, 6) is -0.877. The Bertz CT molecular complexity index is 1340. The lowest BCUT2D eigenvalue weighted by Crippen LogP contribution is -2.30. The Labute approximate surface area is 499 Å². The number of ether oxygens (including phenoxy) is 3. The van der Waals surface area contributed by atoms with Gasteiger partial charge in [-0.05, 0) is 51.4 Å². The summed E-state index contributed by atoms with van der Waals surface area (Å²) in [7, 11) is 0. The normalized spacial score (nSPS) is 12.2. The Morgan fingerprint density at radius 3 is 0.762 bits per heavy atom. The van der Waals surface area contributed by atoms with E-state index in [2.05, 4.69) is 57.2 Å². The molecule has 470 valence electrons. The number of unbranched alkanes of at least 4 members (excludes halogenated alkanes) is 50. The molecule has 6 nitrogen and oxygen atoms in total. The van der Waals surface area contributed by atoms with Crippen LogP contribution >= 0.6 is 0 Å². The summed E-state index contributed by atoms with van der Waals surface area (Å²) < 4.78 is 17.0. The van der Waals surface area contributed by atoms with Crippen molar-refractivity contribution in [2.45, 2.75) is 406 Å². The minimum atomic E-state index is -0.781. The van der Waals surface area contributed by atoms with E-state index >= 15 is 0 Å². The highest BCUT2D eigenvalue weighted by Gasteiger charge is 2.19. The molecule has 6 heteroatoms. The van der Waals surface area contributed by atoms with Crippen LogP contribution in [0.3, 0.4) is 0 Å². The van der Waals surface area contributed by atoms with Crippen LogP contribution in [0.1, 0.15) is 400 Å². The Balaban J connectivity index is 4.15. The standard InChI is InChI=1S/C74H138O6/c1-4-7-10-13-16-19-22-25-27-29-31-32-33-34-35-36-37-38-39-40-41-43-44-46-49-52-55-58-61-64-67-73(76)79-70-71(69-78-72(75)66-63-60-57-54-51-48-24-21-18-15-12-9-6-3)80-74(77)68-65-62-59-56-53-50-47-45-42-30-28-26-23-20-17-14-11-8-5-2/h9,12,18,21,48,51,71H,4-8,10-11,13-17,19-20,22-47,49-50,52-70H2,1-3H3/b12-9-,21-18-,51-48-. The van der Waals surface area contributed by atoms with Crippen LogP contribution in [0.4, 0.5) is 0 Å². The summed E-state index contributed by atoms with van der Waals surface area (Å²) in [5.41, 5.74) is 0. The number of rotatable bonds is 67. The molecule has 0 bridgehead atoms. The van der Waals surface area contributed by atoms with Gasteiger partial charge in [0.25, 0.3) is 0 Å². The van der Waals surface area contributed by atoms with E-state index in [-0.39, 0.29) is 31.1 Å². The van der Waals surface area contributed by atoms with Crippen molar-refractivity contribution in [1.29, 1.82) is 0 Å². The quantitative estimate of drug-likeness (QED) is 0.0261. The van der Waals surface area contributed by atoms with Crippen molar-refractivity contribution < 1.29 is 28.6 Å². The van der Waals surface area contributed by atoms with Gasteiger partial charge in [0.2, 0.25) is 0 Å². The van der Waals surface area contributed by atoms with Crippen molar-refractivity contribution in [3.63, 3.8) is 0 Å². The van der Waals surface area contributed by atoms with Gasteiger partial charge in [-0.2, -0.15) is 0 Å². The third-order valence-electron chi connectivity index (χ3n) is 16.4. The lowest BCUT2D eigenvalue weighted by molar-refractivity contribution is -0.167. The van der Waals surface area contributed by atoms with Crippen LogP contribution in [0.15, 0.2) is 36.5 Å². The second-order valence-electron chi connectivity index (χ2n) is 24.5. The van der Waals surface area contributed by atoms with E-state index < -0.39 is 6.10 Å². The molecule has 80 heavy (non-hydrogen) atoms. The van der Waals surface area contributed by atoms with Gasteiger partial charge < -0.3 is 14.2 Å². The van der Waals surface area contributed by atoms with Crippen LogP contribution in [0.5, 0.6) is 0 Å². The van der Waals surface area contributed by atoms with Crippen molar-refractivity contribution >= 4 is 17.9 Å². The predicted molar refractivity (Wildman–Crippen MR) is 349 cm³/mol. The van der Waals surface area contributed by atoms with Crippen molar-refractivity contribution in [1.82, 2.24) is 0 Å². The monoisotopic (exact) mass is 1120 g/mol. The van der Waals surface area contributed by atoms with E-state index in [4.69, 9.17) is 14.2 Å². The molecule has 0 radical (unpaired) electrons. The summed E-state index contributed by atoms with van der Waals surface area (Å²) in [6.07, 6.45) is 86.3. The first-order valence-corrected chi connectivity index (χ1v) is 36.0. The molecule has 0 saturated heterocycles. The summed E-state index contributed by atoms with van der Waals surface area (Å²) in [6.45, 7) is 6.58. The fourth-order valence-corrected chi connectivity index (χ4v) is 11.1. The summed E-state index contributed by atoms with van der Waals surface area (Å²) in [5, 5.41) is 0. The summed E-state index contributed by atoms with van der Waals surface area (Å²) in [6, 6.07) is 0. The fraction of sp³-hybridized carbons (Fsp3) is 0.878. The second kappa shape index (κ2) is 69.1. The minimum absolute atomic E-state index is 0.0758. The van der Waals surface area contributed by atoms with Gasteiger partial charge in [0, 0.05) is 19.3 Å². The van der Waals surface area contributed by atoms with Gasteiger partial charge in [-0.1, -0.05) is 365 Å². The highest BCUT2D eigenvalue weighted by Crippen LogP contribution is 2.19. The molecule has 0 N–H and O–H groups in total. The smallest absolute Gasteiger partial charge is 0.306 e. The molecule has 0 rings (SSSR count). The fourth-order valence-electron chi connectivity index (χ4n) is 11.1. The first kappa shape index (κ1) is 77.6. The molecular weight excluding hydrogens is 985 g/mol. The van der Waals surface area contributed by atoms with Crippen LogP contribution < -0.4 is 0 Å². The molecule has 0 aliphatic rings. The minimum Gasteiger partial charge on any atom is -0.462 e. The largest absolute Gasteiger partial charge is 0.462 e. The van der Waals surface area contributed by atoms with Crippen LogP contribution in [0.2, 0.25) is 0 Å². The van der Waals surface area contributed by atoms with Gasteiger partial charge in [-0.25, -0.2) is 0 Å². The Hall–Kier alpha value is -2.37. The van der Waals surface area contributed by atoms with Gasteiger partial charge in [0.15, 0.2) is 6.10 Å². The molecule has 0 spiro atoms. The molecule has 0 aromatic rings. The van der Waals surface area contributed by atoms with E-state index in [9.17, 15) is 14.4 Å². The van der Waals surface area contributed by atoms with Crippen LogP contribution in [0.25, 0.3) is 0 Å². The maximum Gasteiger partial charge on any atom is 0.306 e. The van der Waals surface area contributed by atoms with Crippen LogP contribution in [0, 0.1) is 0 Å². The van der Waals surface area contributed by atoms with Gasteiger partial charge in [0.1, 0.15) is 13.2 Å². The Morgan fingerprint density at radius 2 is 0.487 bits per heavy atom. The molecule has 0 aromatic heterocycles. The van der Waals surface area contributed by atoms with Gasteiger partial charge >= 0.3 is 17.9 Å². The Morgan fingerprint density at radius 1 is 0.263 bits per heavy atom. The zero-order chi connectivity index (χ0) is 57.8.